The molecule has 0 saturated heterocycles. The summed E-state index contributed by atoms with van der Waals surface area (Å²) >= 11 is 0. The summed E-state index contributed by atoms with van der Waals surface area (Å²) in [5.41, 5.74) is 1.69. The van der Waals surface area contributed by atoms with Crippen molar-refractivity contribution in [2.45, 2.75) is 31.9 Å². The Bertz CT molecular complexity index is 910. The number of rotatable bonds is 6. The fourth-order valence-corrected chi connectivity index (χ4v) is 3.26. The van der Waals surface area contributed by atoms with Gasteiger partial charge in [-0.25, -0.2) is 13.2 Å². The van der Waals surface area contributed by atoms with E-state index in [9.17, 15) is 18.0 Å². The first-order valence-corrected chi connectivity index (χ1v) is 9.21. The second-order valence-corrected chi connectivity index (χ2v) is 7.21. The molecule has 2 aromatic carbocycles. The minimum absolute atomic E-state index is 0.0394. The highest BCUT2D eigenvalue weighted by molar-refractivity contribution is 6.01. The minimum Gasteiger partial charge on any atom is -0.390 e. The Morgan fingerprint density at radius 2 is 1.79 bits per heavy atom. The van der Waals surface area contributed by atoms with Gasteiger partial charge < -0.3 is 9.74 Å². The molecule has 0 aromatic heterocycles. The van der Waals surface area contributed by atoms with Gasteiger partial charge in [0.05, 0.1) is 12.3 Å². The van der Waals surface area contributed by atoms with Crippen molar-refractivity contribution in [1.82, 2.24) is 4.90 Å². The van der Waals surface area contributed by atoms with Crippen LogP contribution in [0, 0.1) is 23.4 Å². The van der Waals surface area contributed by atoms with E-state index in [0.717, 1.165) is 24.5 Å². The van der Waals surface area contributed by atoms with Crippen molar-refractivity contribution in [2.24, 2.45) is 11.1 Å². The van der Waals surface area contributed by atoms with E-state index in [0.29, 0.717) is 12.1 Å². The maximum absolute atomic E-state index is 14.1. The molecule has 146 valence electrons. The standard InChI is InChI=1S/C21H19F3N2O2/c22-16-6-3-13(4-7-16)20-10-18(28-25-20)12-26(21(27)14-1-2-14)11-15-5-8-17(23)9-19(15)24/h3-9,14,18H,1-2,10-12H2/t18-/m1/s1. The van der Waals surface area contributed by atoms with Crippen LogP contribution in [0.25, 0.3) is 0 Å². The Kier molecular flexibility index (Phi) is 5.07. The maximum Gasteiger partial charge on any atom is 0.226 e. The molecule has 1 heterocycles. The third-order valence-electron chi connectivity index (χ3n) is 4.95. The average molecular weight is 388 g/mol. The van der Waals surface area contributed by atoms with E-state index in [2.05, 4.69) is 5.16 Å². The van der Waals surface area contributed by atoms with Gasteiger partial charge in [-0.05, 0) is 36.6 Å². The molecule has 1 aliphatic carbocycles. The van der Waals surface area contributed by atoms with E-state index in [-0.39, 0.29) is 42.4 Å². The van der Waals surface area contributed by atoms with Crippen LogP contribution in [-0.4, -0.2) is 29.2 Å². The number of hydrogen-bond acceptors (Lipinski definition) is 3. The van der Waals surface area contributed by atoms with Crippen molar-refractivity contribution < 1.29 is 22.8 Å². The number of amides is 1. The molecule has 1 fully saturated rings. The highest BCUT2D eigenvalue weighted by Crippen LogP contribution is 2.32. The number of benzene rings is 2. The normalized spacial score (nSPS) is 18.5. The summed E-state index contributed by atoms with van der Waals surface area (Å²) in [4.78, 5) is 19.7. The summed E-state index contributed by atoms with van der Waals surface area (Å²) in [6, 6.07) is 9.31. The largest absolute Gasteiger partial charge is 0.390 e. The van der Waals surface area contributed by atoms with Gasteiger partial charge in [0.1, 0.15) is 17.5 Å². The maximum atomic E-state index is 14.1. The number of carbonyl (C=O) groups is 1. The van der Waals surface area contributed by atoms with Crippen LogP contribution in [-0.2, 0) is 16.2 Å². The van der Waals surface area contributed by atoms with Crippen LogP contribution in [0.5, 0.6) is 0 Å². The summed E-state index contributed by atoms with van der Waals surface area (Å²) < 4.78 is 40.3. The fraction of sp³-hybridized carbons (Fsp3) is 0.333. The monoisotopic (exact) mass is 388 g/mol. The van der Waals surface area contributed by atoms with Crippen molar-refractivity contribution >= 4 is 11.6 Å². The smallest absolute Gasteiger partial charge is 0.226 e. The number of carbonyl (C=O) groups excluding carboxylic acids is 1. The van der Waals surface area contributed by atoms with Crippen LogP contribution >= 0.6 is 0 Å². The molecule has 0 radical (unpaired) electrons. The van der Waals surface area contributed by atoms with Crippen molar-refractivity contribution in [3.8, 4) is 0 Å². The number of hydrogen-bond donors (Lipinski definition) is 0. The fourth-order valence-electron chi connectivity index (χ4n) is 3.26. The third kappa shape index (κ3) is 4.18. The van der Waals surface area contributed by atoms with E-state index in [4.69, 9.17) is 4.84 Å². The Balaban J connectivity index is 1.44. The van der Waals surface area contributed by atoms with E-state index in [1.165, 1.54) is 24.3 Å². The topological polar surface area (TPSA) is 41.9 Å². The van der Waals surface area contributed by atoms with Gasteiger partial charge in [0, 0.05) is 30.5 Å². The van der Waals surface area contributed by atoms with Crippen molar-refractivity contribution in [2.75, 3.05) is 6.54 Å². The quantitative estimate of drug-likeness (QED) is 0.750. The summed E-state index contributed by atoms with van der Waals surface area (Å²) in [5.74, 6) is -1.76. The summed E-state index contributed by atoms with van der Waals surface area (Å²) in [6.45, 7) is 0.299. The summed E-state index contributed by atoms with van der Waals surface area (Å²) in [6.07, 6.45) is 1.74. The van der Waals surface area contributed by atoms with Crippen LogP contribution < -0.4 is 0 Å². The first kappa shape index (κ1) is 18.5. The van der Waals surface area contributed by atoms with E-state index < -0.39 is 11.6 Å². The first-order valence-electron chi connectivity index (χ1n) is 9.21. The molecule has 0 bridgehead atoms. The van der Waals surface area contributed by atoms with Gasteiger partial charge in [-0.3, -0.25) is 4.79 Å². The zero-order valence-electron chi connectivity index (χ0n) is 15.1. The van der Waals surface area contributed by atoms with Gasteiger partial charge in [0.2, 0.25) is 5.91 Å². The second kappa shape index (κ2) is 7.66. The predicted molar refractivity (Wildman–Crippen MR) is 96.9 cm³/mol. The molecule has 4 nitrogen and oxygen atoms in total. The first-order chi connectivity index (χ1) is 13.5. The van der Waals surface area contributed by atoms with Crippen molar-refractivity contribution in [3.05, 3.63) is 71.0 Å². The molecule has 28 heavy (non-hydrogen) atoms. The van der Waals surface area contributed by atoms with Crippen molar-refractivity contribution in [1.29, 1.82) is 0 Å². The highest BCUT2D eigenvalue weighted by atomic mass is 19.1. The van der Waals surface area contributed by atoms with Crippen LogP contribution in [0.1, 0.15) is 30.4 Å². The molecule has 4 rings (SSSR count). The molecular formula is C21H19F3N2O2. The lowest BCUT2D eigenvalue weighted by molar-refractivity contribution is -0.135. The van der Waals surface area contributed by atoms with Gasteiger partial charge in [0.15, 0.2) is 6.10 Å². The molecule has 0 unspecified atom stereocenters. The van der Waals surface area contributed by atoms with E-state index >= 15 is 0 Å². The molecule has 0 N–H and O–H groups in total. The van der Waals surface area contributed by atoms with Gasteiger partial charge in [-0.2, -0.15) is 0 Å². The molecule has 0 spiro atoms. The Hall–Kier alpha value is -2.83. The van der Waals surface area contributed by atoms with Crippen LogP contribution in [0.2, 0.25) is 0 Å². The van der Waals surface area contributed by atoms with E-state index in [1.807, 2.05) is 0 Å². The van der Waals surface area contributed by atoms with Gasteiger partial charge in [-0.1, -0.05) is 23.4 Å². The third-order valence-corrected chi connectivity index (χ3v) is 4.95. The lowest BCUT2D eigenvalue weighted by atomic mass is 10.0. The molecule has 1 amide bonds. The lowest BCUT2D eigenvalue weighted by Gasteiger charge is -2.25. The highest BCUT2D eigenvalue weighted by Gasteiger charge is 2.36. The Morgan fingerprint density at radius 3 is 2.46 bits per heavy atom. The number of halogens is 3. The predicted octanol–water partition coefficient (Wildman–Crippen LogP) is 4.04. The zero-order chi connectivity index (χ0) is 19.7. The minimum atomic E-state index is -0.677. The average Bonchev–Trinajstić information content (AvgIpc) is 3.42. The van der Waals surface area contributed by atoms with Crippen molar-refractivity contribution in [3.63, 3.8) is 0 Å². The Labute approximate surface area is 160 Å². The number of nitrogens with zero attached hydrogens (tertiary/aromatic N) is 2. The molecule has 1 aliphatic heterocycles. The van der Waals surface area contributed by atoms with E-state index in [1.54, 1.807) is 17.0 Å². The van der Waals surface area contributed by atoms with Gasteiger partial charge in [0.25, 0.3) is 0 Å². The summed E-state index contributed by atoms with van der Waals surface area (Å²) in [7, 11) is 0. The molecule has 1 atom stereocenters. The summed E-state index contributed by atoms with van der Waals surface area (Å²) in [5, 5.41) is 4.06. The van der Waals surface area contributed by atoms with Crippen LogP contribution in [0.15, 0.2) is 47.6 Å². The molecule has 2 aliphatic rings. The second-order valence-electron chi connectivity index (χ2n) is 7.21. The lowest BCUT2D eigenvalue weighted by Crippen LogP contribution is -2.38. The Morgan fingerprint density at radius 1 is 1.07 bits per heavy atom. The SMILES string of the molecule is O=C(C1CC1)N(Cc1ccc(F)cc1F)C[C@H]1CC(c2ccc(F)cc2)=NO1. The molecular weight excluding hydrogens is 369 g/mol. The van der Waals surface area contributed by atoms with Gasteiger partial charge >= 0.3 is 0 Å². The number of oxime groups is 1. The van der Waals surface area contributed by atoms with Gasteiger partial charge in [-0.15, -0.1) is 0 Å². The van der Waals surface area contributed by atoms with Crippen LogP contribution in [0.4, 0.5) is 13.2 Å². The molecule has 1 saturated carbocycles. The molecule has 2 aromatic rings. The zero-order valence-corrected chi connectivity index (χ0v) is 15.1. The van der Waals surface area contributed by atoms with Crippen LogP contribution in [0.3, 0.4) is 0 Å². The molecule has 7 heteroatoms.